The monoisotopic (exact) mass is 312 g/mol. The fourth-order valence-electron chi connectivity index (χ4n) is 3.31. The highest BCUT2D eigenvalue weighted by atomic mass is 16.5. The Hall–Kier alpha value is -1.91. The zero-order valence-electron chi connectivity index (χ0n) is 13.9. The van der Waals surface area contributed by atoms with E-state index in [2.05, 4.69) is 46.3 Å². The van der Waals surface area contributed by atoms with Crippen LogP contribution < -0.4 is 4.74 Å². The van der Waals surface area contributed by atoms with Gasteiger partial charge in [-0.2, -0.15) is 0 Å². The molecule has 0 spiro atoms. The summed E-state index contributed by atoms with van der Waals surface area (Å²) in [4.78, 5) is 6.94. The van der Waals surface area contributed by atoms with Crippen LogP contribution in [0.1, 0.15) is 24.1 Å². The fraction of sp³-hybridized carbons (Fsp3) is 0.421. The normalized spacial score (nSPS) is 17.8. The van der Waals surface area contributed by atoms with Crippen molar-refractivity contribution < 1.29 is 9.47 Å². The van der Waals surface area contributed by atoms with Crippen molar-refractivity contribution in [2.24, 2.45) is 0 Å². The third kappa shape index (κ3) is 3.54. The molecule has 0 radical (unpaired) electrons. The number of ether oxygens (including phenoxy) is 2. The average molecular weight is 312 g/mol. The number of piperidine rings is 1. The molecule has 122 valence electrons. The van der Waals surface area contributed by atoms with Crippen LogP contribution in [0.25, 0.3) is 0 Å². The summed E-state index contributed by atoms with van der Waals surface area (Å²) < 4.78 is 11.1. The maximum Gasteiger partial charge on any atom is 0.213 e. The van der Waals surface area contributed by atoms with Gasteiger partial charge in [-0.1, -0.05) is 36.4 Å². The van der Waals surface area contributed by atoms with E-state index in [1.165, 1.54) is 5.56 Å². The molecule has 3 rings (SSSR count). The number of pyridine rings is 1. The molecule has 1 aliphatic heterocycles. The number of methoxy groups -OCH3 is 2. The number of benzene rings is 1. The Morgan fingerprint density at radius 2 is 1.74 bits per heavy atom. The summed E-state index contributed by atoms with van der Waals surface area (Å²) in [6, 6.07) is 16.5. The van der Waals surface area contributed by atoms with Crippen LogP contribution in [0.15, 0.2) is 48.5 Å². The molecule has 1 saturated heterocycles. The summed E-state index contributed by atoms with van der Waals surface area (Å²) in [5, 5.41) is 0. The molecule has 1 aromatic heterocycles. The van der Waals surface area contributed by atoms with Crippen molar-refractivity contribution in [3.05, 3.63) is 59.8 Å². The van der Waals surface area contributed by atoms with Gasteiger partial charge in [-0.15, -0.1) is 0 Å². The van der Waals surface area contributed by atoms with Gasteiger partial charge in [0, 0.05) is 32.8 Å². The lowest BCUT2D eigenvalue weighted by Gasteiger charge is -2.41. The van der Waals surface area contributed by atoms with Crippen molar-refractivity contribution in [2.75, 3.05) is 27.3 Å². The van der Waals surface area contributed by atoms with E-state index in [0.717, 1.165) is 38.2 Å². The third-order valence-electron chi connectivity index (χ3n) is 4.73. The van der Waals surface area contributed by atoms with E-state index in [9.17, 15) is 0 Å². The van der Waals surface area contributed by atoms with E-state index in [4.69, 9.17) is 9.47 Å². The predicted molar refractivity (Wildman–Crippen MR) is 90.4 cm³/mol. The molecule has 0 atom stereocenters. The molecule has 2 aromatic rings. The van der Waals surface area contributed by atoms with E-state index in [1.54, 1.807) is 7.11 Å². The molecule has 0 N–H and O–H groups in total. The molecule has 1 aliphatic rings. The van der Waals surface area contributed by atoms with Crippen molar-refractivity contribution in [2.45, 2.75) is 25.0 Å². The van der Waals surface area contributed by atoms with Gasteiger partial charge in [-0.3, -0.25) is 4.90 Å². The van der Waals surface area contributed by atoms with E-state index in [0.29, 0.717) is 5.88 Å². The summed E-state index contributed by atoms with van der Waals surface area (Å²) in [6.45, 7) is 2.86. The topological polar surface area (TPSA) is 34.6 Å². The molecule has 1 aromatic carbocycles. The lowest BCUT2D eigenvalue weighted by atomic mass is 9.84. The Morgan fingerprint density at radius 3 is 2.39 bits per heavy atom. The maximum absolute atomic E-state index is 5.94. The van der Waals surface area contributed by atoms with Crippen molar-refractivity contribution in [3.8, 4) is 5.88 Å². The fourth-order valence-corrected chi connectivity index (χ4v) is 3.31. The summed E-state index contributed by atoms with van der Waals surface area (Å²) >= 11 is 0. The van der Waals surface area contributed by atoms with Crippen LogP contribution >= 0.6 is 0 Å². The Labute approximate surface area is 138 Å². The van der Waals surface area contributed by atoms with E-state index < -0.39 is 0 Å². The molecule has 0 unspecified atom stereocenters. The van der Waals surface area contributed by atoms with Crippen molar-refractivity contribution in [1.82, 2.24) is 9.88 Å². The van der Waals surface area contributed by atoms with E-state index >= 15 is 0 Å². The van der Waals surface area contributed by atoms with E-state index in [-0.39, 0.29) is 5.60 Å². The first-order chi connectivity index (χ1) is 11.3. The van der Waals surface area contributed by atoms with Gasteiger partial charge >= 0.3 is 0 Å². The van der Waals surface area contributed by atoms with Crippen LogP contribution in [0, 0.1) is 0 Å². The zero-order valence-corrected chi connectivity index (χ0v) is 13.9. The maximum atomic E-state index is 5.94. The second-order valence-electron chi connectivity index (χ2n) is 6.01. The van der Waals surface area contributed by atoms with Gasteiger partial charge in [0.15, 0.2) is 0 Å². The van der Waals surface area contributed by atoms with Crippen molar-refractivity contribution >= 4 is 0 Å². The lowest BCUT2D eigenvalue weighted by Crippen LogP contribution is -2.43. The largest absolute Gasteiger partial charge is 0.481 e. The molecule has 1 fully saturated rings. The molecule has 0 saturated carbocycles. The number of nitrogens with zero attached hydrogens (tertiary/aromatic N) is 2. The quantitative estimate of drug-likeness (QED) is 0.849. The smallest absolute Gasteiger partial charge is 0.213 e. The highest BCUT2D eigenvalue weighted by molar-refractivity contribution is 5.23. The van der Waals surface area contributed by atoms with Crippen molar-refractivity contribution in [1.29, 1.82) is 0 Å². The second-order valence-corrected chi connectivity index (χ2v) is 6.01. The highest BCUT2D eigenvalue weighted by Crippen LogP contribution is 2.36. The Morgan fingerprint density at radius 1 is 1.00 bits per heavy atom. The average Bonchev–Trinajstić information content (AvgIpc) is 2.63. The summed E-state index contributed by atoms with van der Waals surface area (Å²) in [5.74, 6) is 0.676. The number of rotatable bonds is 5. The van der Waals surface area contributed by atoms with Crippen LogP contribution in [0.4, 0.5) is 0 Å². The standard InChI is InChI=1S/C19H24N2O2/c1-22-18-10-6-9-17(20-18)15-21-13-11-19(23-2,12-14-21)16-7-4-3-5-8-16/h3-10H,11-15H2,1-2H3. The summed E-state index contributed by atoms with van der Waals surface area (Å²) in [5.41, 5.74) is 2.18. The molecule has 0 amide bonds. The van der Waals surface area contributed by atoms with Gasteiger partial charge in [0.05, 0.1) is 18.4 Å². The molecule has 4 heteroatoms. The Bertz CT molecular complexity index is 622. The van der Waals surface area contributed by atoms with Gasteiger partial charge < -0.3 is 9.47 Å². The summed E-state index contributed by atoms with van der Waals surface area (Å²) in [7, 11) is 3.48. The Kier molecular flexibility index (Phi) is 4.94. The first-order valence-electron chi connectivity index (χ1n) is 8.09. The molecule has 0 aliphatic carbocycles. The molecule has 4 nitrogen and oxygen atoms in total. The predicted octanol–water partition coefficient (Wildman–Crippen LogP) is 3.23. The number of aromatic nitrogens is 1. The molecular weight excluding hydrogens is 288 g/mol. The zero-order chi connectivity index (χ0) is 16.1. The van der Waals surface area contributed by atoms with E-state index in [1.807, 2.05) is 19.2 Å². The minimum Gasteiger partial charge on any atom is -0.481 e. The van der Waals surface area contributed by atoms with Crippen LogP contribution in [0.3, 0.4) is 0 Å². The van der Waals surface area contributed by atoms with Gasteiger partial charge in [-0.05, 0) is 24.5 Å². The summed E-state index contributed by atoms with van der Waals surface area (Å²) in [6.07, 6.45) is 2.00. The Balaban J connectivity index is 1.65. The molecule has 2 heterocycles. The molecule has 0 bridgehead atoms. The minimum atomic E-state index is -0.153. The third-order valence-corrected chi connectivity index (χ3v) is 4.73. The highest BCUT2D eigenvalue weighted by Gasteiger charge is 2.36. The van der Waals surface area contributed by atoms with Crippen LogP contribution in [0.2, 0.25) is 0 Å². The van der Waals surface area contributed by atoms with Gasteiger partial charge in [0.25, 0.3) is 0 Å². The number of likely N-dealkylation sites (tertiary alicyclic amines) is 1. The van der Waals surface area contributed by atoms with Crippen LogP contribution in [-0.4, -0.2) is 37.2 Å². The minimum absolute atomic E-state index is 0.153. The van der Waals surface area contributed by atoms with Gasteiger partial charge in [0.2, 0.25) is 5.88 Å². The molecule has 23 heavy (non-hydrogen) atoms. The van der Waals surface area contributed by atoms with Gasteiger partial charge in [0.1, 0.15) is 0 Å². The second kappa shape index (κ2) is 7.11. The first kappa shape index (κ1) is 16.0. The SMILES string of the molecule is COc1cccc(CN2CCC(OC)(c3ccccc3)CC2)n1. The lowest BCUT2D eigenvalue weighted by molar-refractivity contribution is -0.0639. The van der Waals surface area contributed by atoms with Gasteiger partial charge in [-0.25, -0.2) is 4.98 Å². The first-order valence-corrected chi connectivity index (χ1v) is 8.09. The van der Waals surface area contributed by atoms with Crippen molar-refractivity contribution in [3.63, 3.8) is 0 Å². The molecular formula is C19H24N2O2. The number of hydrogen-bond acceptors (Lipinski definition) is 4. The number of hydrogen-bond donors (Lipinski definition) is 0. The van der Waals surface area contributed by atoms with Crippen LogP contribution in [0.5, 0.6) is 5.88 Å². The van der Waals surface area contributed by atoms with Crippen LogP contribution in [-0.2, 0) is 16.9 Å².